The quantitative estimate of drug-likeness (QED) is 0.123. The van der Waals surface area contributed by atoms with Gasteiger partial charge in [0.25, 0.3) is 0 Å². The Balaban J connectivity index is 2.14. The van der Waals surface area contributed by atoms with Crippen molar-refractivity contribution in [2.75, 3.05) is 27.9 Å². The first-order chi connectivity index (χ1) is 16.6. The van der Waals surface area contributed by atoms with E-state index in [9.17, 15) is 9.59 Å². The van der Waals surface area contributed by atoms with Crippen LogP contribution in [0.4, 0.5) is 0 Å². The van der Waals surface area contributed by atoms with Gasteiger partial charge in [-0.1, -0.05) is 82.2 Å². The van der Waals surface area contributed by atoms with E-state index in [4.69, 9.17) is 18.9 Å². The van der Waals surface area contributed by atoms with Crippen LogP contribution >= 0.6 is 0 Å². The minimum atomic E-state index is -1.12. The van der Waals surface area contributed by atoms with Gasteiger partial charge < -0.3 is 18.9 Å². The number of ether oxygens (including phenoxy) is 4. The molecular formula is C28H38O6. The standard InChI is InChI=1S/C28H38O6/c1-5-6-7-8-9-10-11-15-18-34-28(30)25(21-16-13-12-14-17-21)27(29)26-23(32-3)19-22(31-2)20-24(26)33-4/h12-14,16-17,19-20,25H,5-11,15,18H2,1-4H3. The van der Waals surface area contributed by atoms with Gasteiger partial charge in [-0.15, -0.1) is 0 Å². The molecule has 0 aliphatic rings. The molecular weight excluding hydrogens is 432 g/mol. The Bertz CT molecular complexity index is 868. The molecule has 0 spiro atoms. The molecule has 0 saturated heterocycles. The topological polar surface area (TPSA) is 71.1 Å². The first-order valence-corrected chi connectivity index (χ1v) is 12.1. The number of carbonyl (C=O) groups excluding carboxylic acids is 2. The molecule has 0 radical (unpaired) electrons. The fourth-order valence-electron chi connectivity index (χ4n) is 3.92. The van der Waals surface area contributed by atoms with Gasteiger partial charge >= 0.3 is 5.97 Å². The van der Waals surface area contributed by atoms with Gasteiger partial charge in [0.2, 0.25) is 0 Å². The van der Waals surface area contributed by atoms with Crippen LogP contribution in [0.2, 0.25) is 0 Å². The van der Waals surface area contributed by atoms with Gasteiger partial charge in [0, 0.05) is 12.1 Å². The van der Waals surface area contributed by atoms with Crippen LogP contribution in [0.15, 0.2) is 42.5 Å². The van der Waals surface area contributed by atoms with Crippen molar-refractivity contribution in [1.82, 2.24) is 0 Å². The van der Waals surface area contributed by atoms with Crippen molar-refractivity contribution in [1.29, 1.82) is 0 Å². The number of unbranched alkanes of at least 4 members (excludes halogenated alkanes) is 7. The summed E-state index contributed by atoms with van der Waals surface area (Å²) in [6.07, 6.45) is 9.18. The van der Waals surface area contributed by atoms with Gasteiger partial charge in [-0.2, -0.15) is 0 Å². The lowest BCUT2D eigenvalue weighted by molar-refractivity contribution is -0.144. The van der Waals surface area contributed by atoms with Crippen LogP contribution in [0.25, 0.3) is 0 Å². The molecule has 0 amide bonds. The van der Waals surface area contributed by atoms with Gasteiger partial charge in [-0.25, -0.2) is 0 Å². The third-order valence-electron chi connectivity index (χ3n) is 5.83. The van der Waals surface area contributed by atoms with Crippen LogP contribution < -0.4 is 14.2 Å². The number of ketones is 1. The SMILES string of the molecule is CCCCCCCCCCOC(=O)C(C(=O)c1c(OC)cc(OC)cc1OC)c1ccccc1. The summed E-state index contributed by atoms with van der Waals surface area (Å²) in [5.74, 6) is -1.09. The Morgan fingerprint density at radius 2 is 1.32 bits per heavy atom. The molecule has 0 N–H and O–H groups in total. The second-order valence-electron chi connectivity index (χ2n) is 8.26. The monoisotopic (exact) mass is 470 g/mol. The van der Waals surface area contributed by atoms with Gasteiger partial charge in [0.15, 0.2) is 5.78 Å². The molecule has 34 heavy (non-hydrogen) atoms. The maximum absolute atomic E-state index is 13.7. The summed E-state index contributed by atoms with van der Waals surface area (Å²) in [5.41, 5.74) is 0.747. The van der Waals surface area contributed by atoms with Gasteiger partial charge in [-0.3, -0.25) is 9.59 Å². The minimum absolute atomic E-state index is 0.184. The van der Waals surface area contributed by atoms with Crippen molar-refractivity contribution < 1.29 is 28.5 Å². The zero-order chi connectivity index (χ0) is 24.8. The van der Waals surface area contributed by atoms with E-state index in [-0.39, 0.29) is 17.1 Å². The predicted molar refractivity (Wildman–Crippen MR) is 133 cm³/mol. The maximum atomic E-state index is 13.7. The molecule has 2 aromatic rings. The molecule has 0 saturated carbocycles. The average molecular weight is 471 g/mol. The van der Waals surface area contributed by atoms with Crippen molar-refractivity contribution in [3.63, 3.8) is 0 Å². The number of hydrogen-bond acceptors (Lipinski definition) is 6. The molecule has 1 atom stereocenters. The number of esters is 1. The maximum Gasteiger partial charge on any atom is 0.321 e. The van der Waals surface area contributed by atoms with E-state index in [1.807, 2.05) is 6.07 Å². The number of benzene rings is 2. The minimum Gasteiger partial charge on any atom is -0.496 e. The summed E-state index contributed by atoms with van der Waals surface area (Å²) >= 11 is 0. The van der Waals surface area contributed by atoms with Crippen LogP contribution in [0, 0.1) is 0 Å². The zero-order valence-electron chi connectivity index (χ0n) is 20.9. The van der Waals surface area contributed by atoms with Gasteiger partial charge in [0.05, 0.1) is 27.9 Å². The lowest BCUT2D eigenvalue weighted by Gasteiger charge is -2.19. The molecule has 0 aliphatic heterocycles. The molecule has 6 nitrogen and oxygen atoms in total. The van der Waals surface area contributed by atoms with Crippen molar-refractivity contribution in [3.05, 3.63) is 53.6 Å². The Morgan fingerprint density at radius 3 is 1.85 bits per heavy atom. The molecule has 1 unspecified atom stereocenters. The Morgan fingerprint density at radius 1 is 0.765 bits per heavy atom. The number of Topliss-reactive ketones (excluding diaryl/α,β-unsaturated/α-hetero) is 1. The largest absolute Gasteiger partial charge is 0.496 e. The van der Waals surface area contributed by atoms with Crippen LogP contribution in [0.5, 0.6) is 17.2 Å². The molecule has 2 rings (SSSR count). The van der Waals surface area contributed by atoms with Crippen molar-refractivity contribution in [3.8, 4) is 17.2 Å². The van der Waals surface area contributed by atoms with E-state index in [1.165, 1.54) is 53.4 Å². The molecule has 0 aliphatic carbocycles. The second kappa shape index (κ2) is 15.0. The summed E-state index contributed by atoms with van der Waals surface area (Å²) in [5, 5.41) is 0. The number of carbonyl (C=O) groups is 2. The first-order valence-electron chi connectivity index (χ1n) is 12.1. The highest BCUT2D eigenvalue weighted by Crippen LogP contribution is 2.37. The number of hydrogen-bond donors (Lipinski definition) is 0. The van der Waals surface area contributed by atoms with Gasteiger partial charge in [-0.05, 0) is 12.0 Å². The molecule has 186 valence electrons. The fraction of sp³-hybridized carbons (Fsp3) is 0.500. The Hall–Kier alpha value is -3.02. The highest BCUT2D eigenvalue weighted by atomic mass is 16.5. The Labute approximate surface area is 203 Å². The number of rotatable bonds is 16. The van der Waals surface area contributed by atoms with Crippen LogP contribution in [0.3, 0.4) is 0 Å². The van der Waals surface area contributed by atoms with Crippen molar-refractivity contribution >= 4 is 11.8 Å². The van der Waals surface area contributed by atoms with Crippen LogP contribution in [-0.2, 0) is 9.53 Å². The zero-order valence-corrected chi connectivity index (χ0v) is 20.9. The smallest absolute Gasteiger partial charge is 0.321 e. The van der Waals surface area contributed by atoms with E-state index in [0.29, 0.717) is 17.9 Å². The second-order valence-corrected chi connectivity index (χ2v) is 8.26. The molecule has 0 fully saturated rings. The average Bonchev–Trinajstić information content (AvgIpc) is 2.87. The molecule has 0 aromatic heterocycles. The van der Waals surface area contributed by atoms with Crippen LogP contribution in [-0.4, -0.2) is 39.7 Å². The number of methoxy groups -OCH3 is 3. The van der Waals surface area contributed by atoms with Crippen molar-refractivity contribution in [2.24, 2.45) is 0 Å². The van der Waals surface area contributed by atoms with Crippen molar-refractivity contribution in [2.45, 2.75) is 64.2 Å². The van der Waals surface area contributed by atoms with Crippen LogP contribution in [0.1, 0.15) is 80.1 Å². The summed E-state index contributed by atoms with van der Waals surface area (Å²) in [6.45, 7) is 2.50. The molecule has 0 heterocycles. The summed E-state index contributed by atoms with van der Waals surface area (Å²) in [6, 6.07) is 12.1. The normalized spacial score (nSPS) is 11.5. The fourth-order valence-corrected chi connectivity index (χ4v) is 3.92. The highest BCUT2D eigenvalue weighted by molar-refractivity contribution is 6.15. The molecule has 2 aromatic carbocycles. The van der Waals surface area contributed by atoms with E-state index in [2.05, 4.69) is 6.92 Å². The summed E-state index contributed by atoms with van der Waals surface area (Å²) in [7, 11) is 4.44. The first kappa shape index (κ1) is 27.2. The third-order valence-corrected chi connectivity index (χ3v) is 5.83. The predicted octanol–water partition coefficient (Wildman–Crippen LogP) is 6.36. The van der Waals surface area contributed by atoms with Gasteiger partial charge in [0.1, 0.15) is 28.7 Å². The summed E-state index contributed by atoms with van der Waals surface area (Å²) < 4.78 is 21.7. The van der Waals surface area contributed by atoms with E-state index in [0.717, 1.165) is 19.3 Å². The highest BCUT2D eigenvalue weighted by Gasteiger charge is 2.35. The third kappa shape index (κ3) is 7.79. The summed E-state index contributed by atoms with van der Waals surface area (Å²) in [4.78, 5) is 26.8. The Kier molecular flexibility index (Phi) is 12.0. The van der Waals surface area contributed by atoms with E-state index < -0.39 is 17.7 Å². The van der Waals surface area contributed by atoms with E-state index in [1.54, 1.807) is 36.4 Å². The van der Waals surface area contributed by atoms with E-state index >= 15 is 0 Å². The lowest BCUT2D eigenvalue weighted by Crippen LogP contribution is -2.25. The molecule has 0 bridgehead atoms. The molecule has 6 heteroatoms. The lowest BCUT2D eigenvalue weighted by atomic mass is 9.89.